The number of hydrogen-bond donors (Lipinski definition) is 1. The summed E-state index contributed by atoms with van der Waals surface area (Å²) in [7, 11) is 0. The van der Waals surface area contributed by atoms with E-state index in [1.807, 2.05) is 12.1 Å². The Morgan fingerprint density at radius 3 is 2.33 bits per heavy atom. The number of hydrogen-bond acceptors (Lipinski definition) is 1. The third kappa shape index (κ3) is 1.87. The van der Waals surface area contributed by atoms with E-state index < -0.39 is 0 Å². The molecule has 1 nitrogen and oxygen atoms in total. The number of aliphatic hydroxyl groups is 1. The molecule has 1 N–H and O–H groups in total. The van der Waals surface area contributed by atoms with Crippen molar-refractivity contribution in [3.05, 3.63) is 35.6 Å². The van der Waals surface area contributed by atoms with Crippen LogP contribution in [-0.4, -0.2) is 11.2 Å². The van der Waals surface area contributed by atoms with Gasteiger partial charge in [-0.15, -0.1) is 0 Å². The second-order valence-corrected chi connectivity index (χ2v) is 6.39. The molecule has 2 rings (SSSR count). The Labute approximate surface area is 109 Å². The average Bonchev–Trinajstić information content (AvgIpc) is 2.35. The predicted molar refractivity (Wildman–Crippen MR) is 71.9 cm³/mol. The number of halogens is 1. The molecule has 1 aliphatic rings. The van der Waals surface area contributed by atoms with Crippen LogP contribution in [0.15, 0.2) is 24.3 Å². The first-order valence-electron chi connectivity index (χ1n) is 6.76. The van der Waals surface area contributed by atoms with Crippen LogP contribution >= 0.6 is 0 Å². The Kier molecular flexibility index (Phi) is 3.26. The fourth-order valence-electron chi connectivity index (χ4n) is 3.52. The van der Waals surface area contributed by atoms with Crippen LogP contribution in [0.1, 0.15) is 46.1 Å². The molecule has 1 aromatic rings. The van der Waals surface area contributed by atoms with Gasteiger partial charge in [-0.1, -0.05) is 39.8 Å². The minimum Gasteiger partial charge on any atom is -0.393 e. The van der Waals surface area contributed by atoms with Gasteiger partial charge in [-0.3, -0.25) is 0 Å². The van der Waals surface area contributed by atoms with Gasteiger partial charge in [-0.05, 0) is 47.3 Å². The molecule has 0 bridgehead atoms. The maximum atomic E-state index is 13.0. The van der Waals surface area contributed by atoms with Crippen molar-refractivity contribution in [3.63, 3.8) is 0 Å². The molecule has 1 aliphatic carbocycles. The van der Waals surface area contributed by atoms with E-state index in [9.17, 15) is 9.50 Å². The highest BCUT2D eigenvalue weighted by atomic mass is 19.1. The van der Waals surface area contributed by atoms with Crippen molar-refractivity contribution in [2.24, 2.45) is 11.3 Å². The maximum Gasteiger partial charge on any atom is 0.123 e. The van der Waals surface area contributed by atoms with Gasteiger partial charge in [-0.25, -0.2) is 4.39 Å². The summed E-state index contributed by atoms with van der Waals surface area (Å²) in [6.45, 7) is 8.70. The van der Waals surface area contributed by atoms with Crippen LogP contribution in [0.3, 0.4) is 0 Å². The summed E-state index contributed by atoms with van der Waals surface area (Å²) in [4.78, 5) is 0. The lowest BCUT2D eigenvalue weighted by Crippen LogP contribution is -2.57. The van der Waals surface area contributed by atoms with E-state index in [-0.39, 0.29) is 22.8 Å². The van der Waals surface area contributed by atoms with Crippen molar-refractivity contribution < 1.29 is 9.50 Å². The minimum absolute atomic E-state index is 0.0160. The Morgan fingerprint density at radius 1 is 1.33 bits per heavy atom. The van der Waals surface area contributed by atoms with E-state index in [4.69, 9.17) is 0 Å². The van der Waals surface area contributed by atoms with Crippen LogP contribution < -0.4 is 0 Å². The van der Waals surface area contributed by atoms with Crippen LogP contribution in [0, 0.1) is 17.2 Å². The van der Waals surface area contributed by atoms with Crippen molar-refractivity contribution in [3.8, 4) is 0 Å². The number of rotatable bonds is 3. The van der Waals surface area contributed by atoms with Gasteiger partial charge in [0.1, 0.15) is 5.82 Å². The van der Waals surface area contributed by atoms with Crippen LogP contribution in [0.2, 0.25) is 0 Å². The molecule has 3 unspecified atom stereocenters. The molecule has 0 radical (unpaired) electrons. The first-order chi connectivity index (χ1) is 8.32. The highest BCUT2D eigenvalue weighted by molar-refractivity contribution is 5.28. The van der Waals surface area contributed by atoms with Gasteiger partial charge in [-0.2, -0.15) is 0 Å². The summed E-state index contributed by atoms with van der Waals surface area (Å²) in [5.41, 5.74) is 1.11. The predicted octanol–water partition coefficient (Wildman–Crippen LogP) is 3.90. The smallest absolute Gasteiger partial charge is 0.123 e. The largest absolute Gasteiger partial charge is 0.393 e. The van der Waals surface area contributed by atoms with Gasteiger partial charge in [0.25, 0.3) is 0 Å². The molecule has 1 fully saturated rings. The third-order valence-electron chi connectivity index (χ3n) is 5.24. The highest BCUT2D eigenvalue weighted by Gasteiger charge is 2.55. The Bertz CT molecular complexity index is 423. The van der Waals surface area contributed by atoms with E-state index >= 15 is 0 Å². The summed E-state index contributed by atoms with van der Waals surface area (Å²) in [5.74, 6) is 0.247. The number of aliphatic hydroxyl groups excluding tert-OH is 1. The van der Waals surface area contributed by atoms with Gasteiger partial charge < -0.3 is 5.11 Å². The molecule has 1 saturated carbocycles. The average molecular weight is 250 g/mol. The lowest BCUT2D eigenvalue weighted by Gasteiger charge is -2.58. The normalized spacial score (nSPS) is 32.1. The zero-order valence-corrected chi connectivity index (χ0v) is 11.7. The van der Waals surface area contributed by atoms with Crippen LogP contribution in [0.5, 0.6) is 0 Å². The Morgan fingerprint density at radius 2 is 1.89 bits per heavy atom. The molecule has 3 atom stereocenters. The zero-order chi connectivity index (χ0) is 13.6. The summed E-state index contributed by atoms with van der Waals surface area (Å²) in [5, 5.41) is 10.0. The molecular formula is C16H23FO. The van der Waals surface area contributed by atoms with Crippen LogP contribution in [0.4, 0.5) is 4.39 Å². The van der Waals surface area contributed by atoms with Crippen LogP contribution in [-0.2, 0) is 5.41 Å². The summed E-state index contributed by atoms with van der Waals surface area (Å²) in [6, 6.07) is 6.79. The molecule has 0 aromatic heterocycles. The molecule has 1 aromatic carbocycles. The first-order valence-corrected chi connectivity index (χ1v) is 6.76. The van der Waals surface area contributed by atoms with E-state index in [0.717, 1.165) is 18.4 Å². The van der Waals surface area contributed by atoms with Gasteiger partial charge in [0.05, 0.1) is 6.10 Å². The van der Waals surface area contributed by atoms with E-state index in [0.29, 0.717) is 5.92 Å². The van der Waals surface area contributed by atoms with Crippen molar-refractivity contribution in [1.82, 2.24) is 0 Å². The molecule has 0 amide bonds. The van der Waals surface area contributed by atoms with Gasteiger partial charge in [0.2, 0.25) is 0 Å². The van der Waals surface area contributed by atoms with Crippen molar-refractivity contribution in [2.45, 2.75) is 52.1 Å². The third-order valence-corrected chi connectivity index (χ3v) is 5.24. The quantitative estimate of drug-likeness (QED) is 0.862. The lowest BCUT2D eigenvalue weighted by atomic mass is 9.48. The van der Waals surface area contributed by atoms with Crippen molar-refractivity contribution >= 4 is 0 Å². The molecule has 0 aliphatic heterocycles. The fourth-order valence-corrected chi connectivity index (χ4v) is 3.52. The Hall–Kier alpha value is -0.890. The molecule has 0 spiro atoms. The molecule has 0 saturated heterocycles. The van der Waals surface area contributed by atoms with Crippen LogP contribution in [0.25, 0.3) is 0 Å². The van der Waals surface area contributed by atoms with Gasteiger partial charge >= 0.3 is 0 Å². The van der Waals surface area contributed by atoms with Gasteiger partial charge in [0, 0.05) is 0 Å². The molecule has 18 heavy (non-hydrogen) atoms. The Balaban J connectivity index is 2.29. The molecule has 2 heteroatoms. The second kappa shape index (κ2) is 4.34. The topological polar surface area (TPSA) is 20.2 Å². The van der Waals surface area contributed by atoms with Gasteiger partial charge in [0.15, 0.2) is 0 Å². The summed E-state index contributed by atoms with van der Waals surface area (Å²) >= 11 is 0. The summed E-state index contributed by atoms with van der Waals surface area (Å²) in [6.07, 6.45) is 1.62. The zero-order valence-electron chi connectivity index (χ0n) is 11.7. The SMILES string of the molecule is CCC1(C)C(O)CC1C(C)(C)c1ccc(F)cc1. The lowest BCUT2D eigenvalue weighted by molar-refractivity contribution is -0.139. The standard InChI is InChI=1S/C16H23FO/c1-5-16(4)13(10-14(16)18)15(2,3)11-6-8-12(17)9-7-11/h6-9,13-14,18H,5,10H2,1-4H3. The summed E-state index contributed by atoms with van der Waals surface area (Å²) < 4.78 is 13.0. The van der Waals surface area contributed by atoms with E-state index in [1.54, 1.807) is 0 Å². The van der Waals surface area contributed by atoms with E-state index in [2.05, 4.69) is 27.7 Å². The monoisotopic (exact) mass is 250 g/mol. The molecular weight excluding hydrogens is 227 g/mol. The van der Waals surface area contributed by atoms with Crippen molar-refractivity contribution in [2.75, 3.05) is 0 Å². The van der Waals surface area contributed by atoms with Crippen molar-refractivity contribution in [1.29, 1.82) is 0 Å². The molecule has 100 valence electrons. The number of benzene rings is 1. The van der Waals surface area contributed by atoms with E-state index in [1.165, 1.54) is 12.1 Å². The molecule has 0 heterocycles. The highest BCUT2D eigenvalue weighted by Crippen LogP contribution is 2.57. The second-order valence-electron chi connectivity index (χ2n) is 6.39. The maximum absolute atomic E-state index is 13.0. The fraction of sp³-hybridized carbons (Fsp3) is 0.625. The first kappa shape index (κ1) is 13.5. The minimum atomic E-state index is -0.202.